The van der Waals surface area contributed by atoms with E-state index in [1.165, 1.54) is 38.5 Å². The minimum Gasteiger partial charge on any atom is -0.381 e. The molecule has 0 saturated heterocycles. The van der Waals surface area contributed by atoms with Gasteiger partial charge in [0, 0.05) is 0 Å². The van der Waals surface area contributed by atoms with E-state index in [0.29, 0.717) is 0 Å². The Bertz CT molecular complexity index is 263. The van der Waals surface area contributed by atoms with Gasteiger partial charge in [-0.1, -0.05) is 49.8 Å². The summed E-state index contributed by atoms with van der Waals surface area (Å²) in [6.45, 7) is 3.90. The molecule has 1 heteroatoms. The Morgan fingerprint density at radius 3 is 2.18 bits per heavy atom. The maximum absolute atomic E-state index is 8.90. The second kappa shape index (κ2) is 13.1. The summed E-state index contributed by atoms with van der Waals surface area (Å²) in [5.41, 5.74) is 0. The van der Waals surface area contributed by atoms with Crippen molar-refractivity contribution in [3.05, 3.63) is 24.3 Å². The highest BCUT2D eigenvalue weighted by atomic mass is 16.3. The van der Waals surface area contributed by atoms with Crippen molar-refractivity contribution in [3.63, 3.8) is 0 Å². The van der Waals surface area contributed by atoms with Gasteiger partial charge < -0.3 is 5.11 Å². The SMILES string of the molecule is CCCC/C=C/CCCC/C=C/C#CC(C)O. The van der Waals surface area contributed by atoms with Gasteiger partial charge in [0.25, 0.3) is 0 Å². The zero-order valence-corrected chi connectivity index (χ0v) is 11.3. The Morgan fingerprint density at radius 1 is 1.00 bits per heavy atom. The lowest BCUT2D eigenvalue weighted by Crippen LogP contribution is -1.91. The fraction of sp³-hybridized carbons (Fsp3) is 0.625. The third kappa shape index (κ3) is 15.0. The van der Waals surface area contributed by atoms with Crippen LogP contribution in [0.3, 0.4) is 0 Å². The van der Waals surface area contributed by atoms with Crippen molar-refractivity contribution in [1.82, 2.24) is 0 Å². The molecule has 1 N–H and O–H groups in total. The standard InChI is InChI=1S/C16H26O/c1-3-4-5-6-7-8-9-10-11-12-13-14-15-16(2)17/h6-7,12-13,16-17H,3-5,8-11H2,1-2H3/b7-6+,13-12+. The van der Waals surface area contributed by atoms with E-state index in [1.54, 1.807) is 6.92 Å². The summed E-state index contributed by atoms with van der Waals surface area (Å²) in [7, 11) is 0. The van der Waals surface area contributed by atoms with Gasteiger partial charge in [-0.25, -0.2) is 0 Å². The van der Waals surface area contributed by atoms with Crippen molar-refractivity contribution in [2.24, 2.45) is 0 Å². The number of rotatable bonds is 8. The van der Waals surface area contributed by atoms with Gasteiger partial charge in [-0.05, 0) is 45.1 Å². The average Bonchev–Trinajstić information content (AvgIpc) is 2.30. The van der Waals surface area contributed by atoms with E-state index < -0.39 is 6.10 Å². The molecule has 0 aromatic heterocycles. The van der Waals surface area contributed by atoms with Crippen LogP contribution in [0.2, 0.25) is 0 Å². The first-order valence-electron chi connectivity index (χ1n) is 6.76. The molecule has 0 rings (SSSR count). The quantitative estimate of drug-likeness (QED) is 0.378. The van der Waals surface area contributed by atoms with Gasteiger partial charge in [0.1, 0.15) is 6.10 Å². The van der Waals surface area contributed by atoms with Crippen LogP contribution in [-0.4, -0.2) is 11.2 Å². The lowest BCUT2D eigenvalue weighted by atomic mass is 10.1. The zero-order chi connectivity index (χ0) is 12.8. The molecule has 0 spiro atoms. The highest BCUT2D eigenvalue weighted by molar-refractivity contribution is 5.16. The van der Waals surface area contributed by atoms with Crippen LogP contribution in [0.15, 0.2) is 24.3 Å². The first-order valence-corrected chi connectivity index (χ1v) is 6.76. The van der Waals surface area contributed by atoms with Crippen LogP contribution in [0.5, 0.6) is 0 Å². The topological polar surface area (TPSA) is 20.2 Å². The molecule has 17 heavy (non-hydrogen) atoms. The Kier molecular flexibility index (Phi) is 12.3. The molecule has 0 heterocycles. The van der Waals surface area contributed by atoms with Crippen molar-refractivity contribution in [1.29, 1.82) is 0 Å². The summed E-state index contributed by atoms with van der Waals surface area (Å²) in [4.78, 5) is 0. The van der Waals surface area contributed by atoms with E-state index in [0.717, 1.165) is 6.42 Å². The molecule has 1 atom stereocenters. The largest absolute Gasteiger partial charge is 0.381 e. The van der Waals surface area contributed by atoms with E-state index in [9.17, 15) is 0 Å². The van der Waals surface area contributed by atoms with Crippen LogP contribution in [0.4, 0.5) is 0 Å². The number of hydrogen-bond donors (Lipinski definition) is 1. The predicted molar refractivity (Wildman–Crippen MR) is 75.7 cm³/mol. The van der Waals surface area contributed by atoms with Crippen molar-refractivity contribution < 1.29 is 5.11 Å². The summed E-state index contributed by atoms with van der Waals surface area (Å²) in [6.07, 6.45) is 16.5. The molecule has 0 aliphatic carbocycles. The second-order valence-corrected chi connectivity index (χ2v) is 4.27. The maximum atomic E-state index is 8.90. The Labute approximate surface area is 107 Å². The van der Waals surface area contributed by atoms with E-state index in [1.807, 2.05) is 6.08 Å². The summed E-state index contributed by atoms with van der Waals surface area (Å²) in [5, 5.41) is 8.90. The molecule has 96 valence electrons. The summed E-state index contributed by atoms with van der Waals surface area (Å²) < 4.78 is 0. The van der Waals surface area contributed by atoms with Gasteiger partial charge in [0.15, 0.2) is 0 Å². The monoisotopic (exact) mass is 234 g/mol. The third-order valence-electron chi connectivity index (χ3n) is 2.38. The molecule has 0 aromatic rings. The van der Waals surface area contributed by atoms with Crippen LogP contribution in [0.25, 0.3) is 0 Å². The van der Waals surface area contributed by atoms with Gasteiger partial charge in [0.05, 0.1) is 0 Å². The molecular formula is C16H26O. The number of unbranched alkanes of at least 4 members (excludes halogenated alkanes) is 5. The fourth-order valence-corrected chi connectivity index (χ4v) is 1.39. The van der Waals surface area contributed by atoms with Crippen molar-refractivity contribution in [2.75, 3.05) is 0 Å². The van der Waals surface area contributed by atoms with Crippen LogP contribution < -0.4 is 0 Å². The first-order chi connectivity index (χ1) is 8.27. The molecule has 0 amide bonds. The highest BCUT2D eigenvalue weighted by Crippen LogP contribution is 2.03. The van der Waals surface area contributed by atoms with Gasteiger partial charge in [-0.3, -0.25) is 0 Å². The molecule has 0 saturated carbocycles. The number of aliphatic hydroxyl groups excluding tert-OH is 1. The van der Waals surface area contributed by atoms with Crippen LogP contribution in [-0.2, 0) is 0 Å². The molecule has 0 aliphatic rings. The minimum absolute atomic E-state index is 0.520. The van der Waals surface area contributed by atoms with E-state index >= 15 is 0 Å². The lowest BCUT2D eigenvalue weighted by Gasteiger charge is -1.93. The normalized spacial score (nSPS) is 12.9. The number of hydrogen-bond acceptors (Lipinski definition) is 1. The van der Waals surface area contributed by atoms with Crippen LogP contribution >= 0.6 is 0 Å². The van der Waals surface area contributed by atoms with Crippen molar-refractivity contribution in [3.8, 4) is 11.8 Å². The van der Waals surface area contributed by atoms with E-state index in [4.69, 9.17) is 5.11 Å². The van der Waals surface area contributed by atoms with Gasteiger partial charge in [-0.2, -0.15) is 0 Å². The van der Waals surface area contributed by atoms with Crippen molar-refractivity contribution >= 4 is 0 Å². The fourth-order valence-electron chi connectivity index (χ4n) is 1.39. The summed E-state index contributed by atoms with van der Waals surface area (Å²) in [6, 6.07) is 0. The molecule has 0 bridgehead atoms. The Balaban J connectivity index is 3.30. The van der Waals surface area contributed by atoms with E-state index in [-0.39, 0.29) is 0 Å². The number of aliphatic hydroxyl groups is 1. The first kappa shape index (κ1) is 16.0. The molecule has 0 aliphatic heterocycles. The Morgan fingerprint density at radius 2 is 1.59 bits per heavy atom. The summed E-state index contributed by atoms with van der Waals surface area (Å²) >= 11 is 0. The second-order valence-electron chi connectivity index (χ2n) is 4.27. The molecule has 0 aromatic carbocycles. The van der Waals surface area contributed by atoms with Crippen LogP contribution in [0.1, 0.15) is 58.8 Å². The zero-order valence-electron chi connectivity index (χ0n) is 11.3. The van der Waals surface area contributed by atoms with E-state index in [2.05, 4.69) is 37.0 Å². The minimum atomic E-state index is -0.520. The molecular weight excluding hydrogens is 208 g/mol. The Hall–Kier alpha value is -1.00. The maximum Gasteiger partial charge on any atom is 0.112 e. The number of allylic oxidation sites excluding steroid dienone is 4. The molecule has 1 nitrogen and oxygen atoms in total. The third-order valence-corrected chi connectivity index (χ3v) is 2.38. The van der Waals surface area contributed by atoms with Gasteiger partial charge in [0.2, 0.25) is 0 Å². The highest BCUT2D eigenvalue weighted by Gasteiger charge is 1.84. The summed E-state index contributed by atoms with van der Waals surface area (Å²) in [5.74, 6) is 5.50. The predicted octanol–water partition coefficient (Wildman–Crippen LogP) is 4.23. The average molecular weight is 234 g/mol. The smallest absolute Gasteiger partial charge is 0.112 e. The van der Waals surface area contributed by atoms with Gasteiger partial charge in [-0.15, -0.1) is 0 Å². The molecule has 1 unspecified atom stereocenters. The molecule has 0 fully saturated rings. The molecule has 0 radical (unpaired) electrons. The van der Waals surface area contributed by atoms with Gasteiger partial charge >= 0.3 is 0 Å². The lowest BCUT2D eigenvalue weighted by molar-refractivity contribution is 0.253. The van der Waals surface area contributed by atoms with Crippen molar-refractivity contribution in [2.45, 2.75) is 64.9 Å². The van der Waals surface area contributed by atoms with Crippen LogP contribution in [0, 0.1) is 11.8 Å².